The standard InChI is InChI=1S/C17H24N2O/c1-3-17(13-18,19-15-8-9-15)10-5-11-20-16-7-4-6-14(2)12-16/h4,6-7,12,15,19H,3,5,8-11H2,1-2H3. The van der Waals surface area contributed by atoms with Crippen LogP contribution in [0.15, 0.2) is 24.3 Å². The lowest BCUT2D eigenvalue weighted by atomic mass is 9.92. The van der Waals surface area contributed by atoms with Crippen LogP contribution in [0.4, 0.5) is 0 Å². The maximum Gasteiger partial charge on any atom is 0.119 e. The van der Waals surface area contributed by atoms with E-state index in [4.69, 9.17) is 4.74 Å². The maximum atomic E-state index is 9.45. The fraction of sp³-hybridized carbons (Fsp3) is 0.588. The Kier molecular flexibility index (Phi) is 5.03. The first kappa shape index (κ1) is 14.9. The molecule has 1 aromatic carbocycles. The van der Waals surface area contributed by atoms with E-state index in [0.717, 1.165) is 25.0 Å². The third-order valence-electron chi connectivity index (χ3n) is 3.88. The molecule has 1 unspecified atom stereocenters. The van der Waals surface area contributed by atoms with E-state index in [1.54, 1.807) is 0 Å². The first-order chi connectivity index (χ1) is 9.67. The van der Waals surface area contributed by atoms with E-state index in [1.165, 1.54) is 18.4 Å². The summed E-state index contributed by atoms with van der Waals surface area (Å²) in [5.41, 5.74) is 0.842. The topological polar surface area (TPSA) is 45.0 Å². The predicted octanol–water partition coefficient (Wildman–Crippen LogP) is 3.58. The minimum atomic E-state index is -0.364. The van der Waals surface area contributed by atoms with Gasteiger partial charge in [-0.15, -0.1) is 0 Å². The summed E-state index contributed by atoms with van der Waals surface area (Å²) in [6, 6.07) is 11.1. The largest absolute Gasteiger partial charge is 0.494 e. The number of benzene rings is 1. The Balaban J connectivity index is 1.77. The molecule has 20 heavy (non-hydrogen) atoms. The van der Waals surface area contributed by atoms with Crippen LogP contribution in [0.1, 0.15) is 44.6 Å². The lowest BCUT2D eigenvalue weighted by molar-refractivity contribution is 0.275. The summed E-state index contributed by atoms with van der Waals surface area (Å²) in [6.45, 7) is 4.81. The van der Waals surface area contributed by atoms with Gasteiger partial charge in [0.1, 0.15) is 11.3 Å². The van der Waals surface area contributed by atoms with E-state index >= 15 is 0 Å². The van der Waals surface area contributed by atoms with Gasteiger partial charge in [0.15, 0.2) is 0 Å². The van der Waals surface area contributed by atoms with E-state index in [1.807, 2.05) is 18.2 Å². The van der Waals surface area contributed by atoms with Crippen LogP contribution in [-0.2, 0) is 0 Å². The molecule has 2 rings (SSSR count). The van der Waals surface area contributed by atoms with Crippen molar-refractivity contribution >= 4 is 0 Å². The molecule has 1 aliphatic rings. The summed E-state index contributed by atoms with van der Waals surface area (Å²) in [4.78, 5) is 0. The Hall–Kier alpha value is -1.53. The average Bonchev–Trinajstić information content (AvgIpc) is 3.26. The molecule has 0 spiro atoms. The summed E-state index contributed by atoms with van der Waals surface area (Å²) in [6.07, 6.45) is 5.02. The van der Waals surface area contributed by atoms with Gasteiger partial charge < -0.3 is 4.74 Å². The number of hydrogen-bond donors (Lipinski definition) is 1. The molecule has 3 nitrogen and oxygen atoms in total. The van der Waals surface area contributed by atoms with Crippen LogP contribution in [0.3, 0.4) is 0 Å². The van der Waals surface area contributed by atoms with Crippen LogP contribution < -0.4 is 10.1 Å². The van der Waals surface area contributed by atoms with E-state index in [0.29, 0.717) is 12.6 Å². The molecule has 1 aromatic rings. The highest BCUT2D eigenvalue weighted by Gasteiger charge is 2.34. The molecule has 0 bridgehead atoms. The zero-order valence-electron chi connectivity index (χ0n) is 12.5. The molecule has 0 saturated heterocycles. The summed E-state index contributed by atoms with van der Waals surface area (Å²) in [7, 11) is 0. The molecule has 1 saturated carbocycles. The summed E-state index contributed by atoms with van der Waals surface area (Å²) >= 11 is 0. The van der Waals surface area contributed by atoms with E-state index in [9.17, 15) is 5.26 Å². The number of hydrogen-bond acceptors (Lipinski definition) is 3. The van der Waals surface area contributed by atoms with Gasteiger partial charge in [-0.05, 0) is 56.7 Å². The second-order valence-corrected chi connectivity index (χ2v) is 5.73. The first-order valence-corrected chi connectivity index (χ1v) is 7.56. The molecular formula is C17H24N2O. The van der Waals surface area contributed by atoms with Crippen molar-refractivity contribution in [3.05, 3.63) is 29.8 Å². The second-order valence-electron chi connectivity index (χ2n) is 5.73. The number of rotatable bonds is 8. The van der Waals surface area contributed by atoms with Crippen molar-refractivity contribution in [3.63, 3.8) is 0 Å². The van der Waals surface area contributed by atoms with Gasteiger partial charge in [-0.3, -0.25) is 5.32 Å². The molecule has 0 aromatic heterocycles. The molecule has 1 fully saturated rings. The van der Waals surface area contributed by atoms with Crippen molar-refractivity contribution in [2.24, 2.45) is 0 Å². The number of nitriles is 1. The van der Waals surface area contributed by atoms with Gasteiger partial charge in [-0.2, -0.15) is 5.26 Å². The number of nitrogens with zero attached hydrogens (tertiary/aromatic N) is 1. The minimum absolute atomic E-state index is 0.364. The Morgan fingerprint density at radius 3 is 2.85 bits per heavy atom. The summed E-state index contributed by atoms with van der Waals surface area (Å²) < 4.78 is 5.75. The fourth-order valence-electron chi connectivity index (χ4n) is 2.41. The zero-order valence-corrected chi connectivity index (χ0v) is 12.5. The Labute approximate surface area is 121 Å². The quantitative estimate of drug-likeness (QED) is 0.736. The number of ether oxygens (including phenoxy) is 1. The molecule has 0 aliphatic heterocycles. The lowest BCUT2D eigenvalue weighted by Gasteiger charge is -2.26. The molecule has 0 amide bonds. The molecule has 3 heteroatoms. The van der Waals surface area contributed by atoms with Gasteiger partial charge >= 0.3 is 0 Å². The fourth-order valence-corrected chi connectivity index (χ4v) is 2.41. The highest BCUT2D eigenvalue weighted by atomic mass is 16.5. The van der Waals surface area contributed by atoms with Crippen molar-refractivity contribution in [1.82, 2.24) is 5.32 Å². The maximum absolute atomic E-state index is 9.45. The van der Waals surface area contributed by atoms with Gasteiger partial charge in [-0.1, -0.05) is 19.1 Å². The lowest BCUT2D eigenvalue weighted by Crippen LogP contribution is -2.44. The summed E-state index contributed by atoms with van der Waals surface area (Å²) in [5, 5.41) is 12.9. The highest BCUT2D eigenvalue weighted by Crippen LogP contribution is 2.26. The van der Waals surface area contributed by atoms with Gasteiger partial charge in [-0.25, -0.2) is 0 Å². The van der Waals surface area contributed by atoms with Crippen LogP contribution in [0.2, 0.25) is 0 Å². The third-order valence-corrected chi connectivity index (χ3v) is 3.88. The van der Waals surface area contributed by atoms with Gasteiger partial charge in [0.05, 0.1) is 12.7 Å². The smallest absolute Gasteiger partial charge is 0.119 e. The average molecular weight is 272 g/mol. The molecule has 0 heterocycles. The normalized spacial score (nSPS) is 17.2. The minimum Gasteiger partial charge on any atom is -0.494 e. The van der Waals surface area contributed by atoms with Gasteiger partial charge in [0, 0.05) is 6.04 Å². The van der Waals surface area contributed by atoms with Crippen molar-refractivity contribution < 1.29 is 4.74 Å². The zero-order chi connectivity index (χ0) is 14.4. The molecule has 0 radical (unpaired) electrons. The second kappa shape index (κ2) is 6.76. The van der Waals surface area contributed by atoms with Crippen LogP contribution >= 0.6 is 0 Å². The van der Waals surface area contributed by atoms with Crippen LogP contribution in [-0.4, -0.2) is 18.2 Å². The Morgan fingerprint density at radius 1 is 1.45 bits per heavy atom. The van der Waals surface area contributed by atoms with E-state index < -0.39 is 0 Å². The van der Waals surface area contributed by atoms with E-state index in [-0.39, 0.29) is 5.54 Å². The number of aryl methyl sites for hydroxylation is 1. The predicted molar refractivity (Wildman–Crippen MR) is 80.7 cm³/mol. The SMILES string of the molecule is CCC(C#N)(CCCOc1cccc(C)c1)NC1CC1. The van der Waals surface area contributed by atoms with Crippen LogP contribution in [0, 0.1) is 18.3 Å². The Bertz CT molecular complexity index is 476. The first-order valence-electron chi connectivity index (χ1n) is 7.56. The van der Waals surface area contributed by atoms with Crippen molar-refractivity contribution in [2.45, 2.75) is 57.5 Å². The number of nitrogens with one attached hydrogen (secondary N) is 1. The summed E-state index contributed by atoms with van der Waals surface area (Å²) in [5.74, 6) is 0.916. The molecular weight excluding hydrogens is 248 g/mol. The molecule has 108 valence electrons. The van der Waals surface area contributed by atoms with Crippen LogP contribution in [0.5, 0.6) is 5.75 Å². The van der Waals surface area contributed by atoms with Crippen molar-refractivity contribution in [3.8, 4) is 11.8 Å². The van der Waals surface area contributed by atoms with Crippen molar-refractivity contribution in [1.29, 1.82) is 5.26 Å². The van der Waals surface area contributed by atoms with Gasteiger partial charge in [0.25, 0.3) is 0 Å². The van der Waals surface area contributed by atoms with E-state index in [2.05, 4.69) is 31.3 Å². The molecule has 1 aliphatic carbocycles. The third kappa shape index (κ3) is 4.25. The Morgan fingerprint density at radius 2 is 2.25 bits per heavy atom. The molecule has 1 N–H and O–H groups in total. The van der Waals surface area contributed by atoms with Crippen molar-refractivity contribution in [2.75, 3.05) is 6.61 Å². The van der Waals surface area contributed by atoms with Gasteiger partial charge in [0.2, 0.25) is 0 Å². The highest BCUT2D eigenvalue weighted by molar-refractivity contribution is 5.27. The molecule has 1 atom stereocenters. The monoisotopic (exact) mass is 272 g/mol. The van der Waals surface area contributed by atoms with Crippen LogP contribution in [0.25, 0.3) is 0 Å².